The maximum Gasteiger partial charge on any atom is 0.338 e. The van der Waals surface area contributed by atoms with Crippen LogP contribution < -0.4 is 15.6 Å². The van der Waals surface area contributed by atoms with Crippen LogP contribution in [0.3, 0.4) is 0 Å². The van der Waals surface area contributed by atoms with Crippen molar-refractivity contribution in [3.8, 4) is 22.9 Å². The van der Waals surface area contributed by atoms with E-state index >= 15 is 0 Å². The van der Waals surface area contributed by atoms with E-state index in [0.717, 1.165) is 0 Å². The maximum atomic E-state index is 13.3. The molecule has 1 aromatic heterocycles. The van der Waals surface area contributed by atoms with Crippen molar-refractivity contribution >= 4 is 29.2 Å². The maximum absolute atomic E-state index is 13.3. The number of benzene rings is 2. The number of carbonyl (C=O) groups is 2. The molecule has 1 atom stereocenters. The number of ether oxygens (including phenoxy) is 2. The summed E-state index contributed by atoms with van der Waals surface area (Å²) in [6.07, 6.45) is 1.47. The first-order chi connectivity index (χ1) is 17.1. The van der Waals surface area contributed by atoms with Gasteiger partial charge >= 0.3 is 5.97 Å². The van der Waals surface area contributed by atoms with Crippen LogP contribution in [0.1, 0.15) is 41.4 Å². The molecule has 3 rings (SSSR count). The molecule has 0 spiro atoms. The molecule has 1 N–H and O–H groups in total. The summed E-state index contributed by atoms with van der Waals surface area (Å²) in [6.45, 7) is 5.39. The number of aromatic nitrogens is 1. The molecule has 0 aliphatic carbocycles. The van der Waals surface area contributed by atoms with Crippen LogP contribution in [-0.2, 0) is 9.53 Å². The summed E-state index contributed by atoms with van der Waals surface area (Å²) in [5.41, 5.74) is 2.25. The lowest BCUT2D eigenvalue weighted by Gasteiger charge is -2.24. The number of rotatable bonds is 7. The summed E-state index contributed by atoms with van der Waals surface area (Å²) in [4.78, 5) is 38.4. The van der Waals surface area contributed by atoms with Crippen LogP contribution in [-0.4, -0.2) is 30.7 Å². The van der Waals surface area contributed by atoms with E-state index in [-0.39, 0.29) is 5.92 Å². The molecule has 0 bridgehead atoms. The summed E-state index contributed by atoms with van der Waals surface area (Å²) in [6, 6.07) is 12.2. The summed E-state index contributed by atoms with van der Waals surface area (Å²) >= 11 is 6.14. The number of nitrogens with one attached hydrogen (secondary N) is 1. The third-order valence-corrected chi connectivity index (χ3v) is 5.99. The molecule has 0 aliphatic rings. The Morgan fingerprint density at radius 3 is 2.39 bits per heavy atom. The Morgan fingerprint density at radius 2 is 1.81 bits per heavy atom. The van der Waals surface area contributed by atoms with Gasteiger partial charge in [0.2, 0.25) is 5.91 Å². The van der Waals surface area contributed by atoms with E-state index in [1.165, 1.54) is 31.0 Å². The molecule has 8 nitrogen and oxygen atoms in total. The second-order valence-electron chi connectivity index (χ2n) is 8.50. The lowest BCUT2D eigenvalue weighted by atomic mass is 9.99. The SMILES string of the molecule is COC(=O)c1ccc(NC(=O)C(C(C)C)n2cc(OC)c(-c3cc(Cl)ccc3C#N)cc2=O)cc1C. The average Bonchev–Trinajstić information content (AvgIpc) is 2.84. The van der Waals surface area contributed by atoms with Crippen LogP contribution in [0.2, 0.25) is 5.02 Å². The van der Waals surface area contributed by atoms with Gasteiger partial charge in [-0.3, -0.25) is 14.2 Å². The first-order valence-corrected chi connectivity index (χ1v) is 11.5. The number of carbonyl (C=O) groups excluding carboxylic acids is 2. The molecule has 186 valence electrons. The van der Waals surface area contributed by atoms with Gasteiger partial charge in [0.25, 0.3) is 5.56 Å². The van der Waals surface area contributed by atoms with E-state index in [9.17, 15) is 19.6 Å². The quantitative estimate of drug-likeness (QED) is 0.451. The summed E-state index contributed by atoms with van der Waals surface area (Å²) in [7, 11) is 2.75. The fraction of sp³-hybridized carbons (Fsp3) is 0.259. The fourth-order valence-electron chi connectivity index (χ4n) is 4.00. The number of hydrogen-bond donors (Lipinski definition) is 1. The van der Waals surface area contributed by atoms with Crippen molar-refractivity contribution in [1.29, 1.82) is 5.26 Å². The van der Waals surface area contributed by atoms with E-state index in [4.69, 9.17) is 21.1 Å². The molecule has 0 radical (unpaired) electrons. The van der Waals surface area contributed by atoms with Gasteiger partial charge in [0.15, 0.2) is 0 Å². The minimum absolute atomic E-state index is 0.255. The number of amides is 1. The zero-order valence-corrected chi connectivity index (χ0v) is 21.3. The number of methoxy groups -OCH3 is 2. The molecule has 1 amide bonds. The Hall–Kier alpha value is -4.09. The molecule has 0 saturated carbocycles. The van der Waals surface area contributed by atoms with Crippen molar-refractivity contribution in [2.24, 2.45) is 5.92 Å². The minimum Gasteiger partial charge on any atom is -0.495 e. The Bertz CT molecular complexity index is 1420. The summed E-state index contributed by atoms with van der Waals surface area (Å²) in [5, 5.41) is 12.8. The fourth-order valence-corrected chi connectivity index (χ4v) is 4.17. The predicted molar refractivity (Wildman–Crippen MR) is 137 cm³/mol. The summed E-state index contributed by atoms with van der Waals surface area (Å²) in [5.74, 6) is -0.823. The molecular formula is C27H26ClN3O5. The van der Waals surface area contributed by atoms with Crippen LogP contribution in [0.25, 0.3) is 11.1 Å². The van der Waals surface area contributed by atoms with Gasteiger partial charge in [-0.05, 0) is 54.8 Å². The van der Waals surface area contributed by atoms with Crippen LogP contribution in [0.4, 0.5) is 5.69 Å². The molecule has 2 aromatic carbocycles. The van der Waals surface area contributed by atoms with E-state index in [0.29, 0.717) is 44.3 Å². The topological polar surface area (TPSA) is 110 Å². The van der Waals surface area contributed by atoms with Gasteiger partial charge in [-0.2, -0.15) is 5.26 Å². The zero-order chi connectivity index (χ0) is 26.6. The number of esters is 1. The standard InChI is InChI=1S/C27H26ClN3O5/c1-15(2)25(26(33)30-19-8-9-20(16(3)10-19)27(34)36-5)31-14-23(35-4)22(12-24(31)32)21-11-18(28)7-6-17(21)13-29/h6-12,14-15,25H,1-5H3,(H,30,33). The highest BCUT2D eigenvalue weighted by molar-refractivity contribution is 6.31. The van der Waals surface area contributed by atoms with Gasteiger partial charge in [0.1, 0.15) is 11.8 Å². The third kappa shape index (κ3) is 5.42. The van der Waals surface area contributed by atoms with Crippen LogP contribution in [0, 0.1) is 24.2 Å². The molecule has 1 unspecified atom stereocenters. The largest absolute Gasteiger partial charge is 0.495 e. The van der Waals surface area contributed by atoms with Gasteiger partial charge in [0, 0.05) is 27.9 Å². The molecule has 0 fully saturated rings. The van der Waals surface area contributed by atoms with Gasteiger partial charge in [0.05, 0.1) is 37.6 Å². The number of hydrogen-bond acceptors (Lipinski definition) is 6. The highest BCUT2D eigenvalue weighted by atomic mass is 35.5. The Kier molecular flexibility index (Phi) is 8.18. The lowest BCUT2D eigenvalue weighted by molar-refractivity contribution is -0.120. The number of pyridine rings is 1. The van der Waals surface area contributed by atoms with Crippen molar-refractivity contribution in [2.75, 3.05) is 19.5 Å². The predicted octanol–water partition coefficient (Wildman–Crippen LogP) is 4.98. The van der Waals surface area contributed by atoms with Gasteiger partial charge in [-0.1, -0.05) is 25.4 Å². The average molecular weight is 508 g/mol. The van der Waals surface area contributed by atoms with E-state index in [2.05, 4.69) is 11.4 Å². The Balaban J connectivity index is 2.03. The molecule has 0 saturated heterocycles. The number of nitrogens with zero attached hydrogens (tertiary/aromatic N) is 2. The molecule has 0 aliphatic heterocycles. The monoisotopic (exact) mass is 507 g/mol. The number of nitriles is 1. The van der Waals surface area contributed by atoms with Crippen molar-refractivity contribution in [2.45, 2.75) is 26.8 Å². The van der Waals surface area contributed by atoms with Crippen LogP contribution in [0.15, 0.2) is 53.5 Å². The Morgan fingerprint density at radius 1 is 1.08 bits per heavy atom. The minimum atomic E-state index is -0.865. The highest BCUT2D eigenvalue weighted by Crippen LogP contribution is 2.34. The lowest BCUT2D eigenvalue weighted by Crippen LogP contribution is -2.36. The normalized spacial score (nSPS) is 11.5. The van der Waals surface area contributed by atoms with Crippen molar-refractivity contribution < 1.29 is 19.1 Å². The molecule has 36 heavy (non-hydrogen) atoms. The first-order valence-electron chi connectivity index (χ1n) is 11.1. The number of halogens is 1. The third-order valence-electron chi connectivity index (χ3n) is 5.76. The first kappa shape index (κ1) is 26.5. The number of aryl methyl sites for hydroxylation is 1. The molecular weight excluding hydrogens is 482 g/mol. The highest BCUT2D eigenvalue weighted by Gasteiger charge is 2.27. The Labute approximate surface area is 214 Å². The van der Waals surface area contributed by atoms with Gasteiger partial charge < -0.3 is 14.8 Å². The van der Waals surface area contributed by atoms with Crippen LogP contribution in [0.5, 0.6) is 5.75 Å². The van der Waals surface area contributed by atoms with Crippen LogP contribution >= 0.6 is 11.6 Å². The van der Waals surface area contributed by atoms with Gasteiger partial charge in [-0.25, -0.2) is 4.79 Å². The summed E-state index contributed by atoms with van der Waals surface area (Å²) < 4.78 is 11.6. The second kappa shape index (κ2) is 11.1. The molecule has 1 heterocycles. The van der Waals surface area contributed by atoms with E-state index in [1.54, 1.807) is 43.3 Å². The molecule has 3 aromatic rings. The van der Waals surface area contributed by atoms with Crippen molar-refractivity contribution in [3.05, 3.63) is 80.7 Å². The van der Waals surface area contributed by atoms with Crippen molar-refractivity contribution in [3.63, 3.8) is 0 Å². The second-order valence-corrected chi connectivity index (χ2v) is 8.94. The zero-order valence-electron chi connectivity index (χ0n) is 20.6. The van der Waals surface area contributed by atoms with Crippen molar-refractivity contribution in [1.82, 2.24) is 4.57 Å². The number of anilines is 1. The van der Waals surface area contributed by atoms with Gasteiger partial charge in [-0.15, -0.1) is 0 Å². The van der Waals surface area contributed by atoms with E-state index in [1.807, 2.05) is 13.8 Å². The molecule has 9 heteroatoms. The smallest absolute Gasteiger partial charge is 0.338 e. The van der Waals surface area contributed by atoms with E-state index < -0.39 is 23.5 Å².